The fraction of sp³-hybridized carbons (Fsp3) is 0.458. The molecule has 0 saturated carbocycles. The lowest BCUT2D eigenvalue weighted by Gasteiger charge is -2.37. The molecular formula is C24H29FN2O3S. The second kappa shape index (κ2) is 9.49. The second-order valence-electron chi connectivity index (χ2n) is 8.61. The first kappa shape index (κ1) is 22.0. The zero-order valence-corrected chi connectivity index (χ0v) is 18.4. The Hall–Kier alpha value is -2.25. The highest BCUT2D eigenvalue weighted by atomic mass is 32.2. The van der Waals surface area contributed by atoms with Crippen molar-refractivity contribution in [3.05, 3.63) is 66.0 Å². The minimum Gasteiger partial charge on any atom is -0.342 e. The zero-order chi connectivity index (χ0) is 21.8. The fourth-order valence-corrected chi connectivity index (χ4v) is 6.20. The summed E-state index contributed by atoms with van der Waals surface area (Å²) in [6.07, 6.45) is 4.35. The quantitative estimate of drug-likeness (QED) is 0.707. The van der Waals surface area contributed by atoms with E-state index in [0.717, 1.165) is 44.5 Å². The first-order valence-corrected chi connectivity index (χ1v) is 12.5. The third-order valence-corrected chi connectivity index (χ3v) is 8.36. The van der Waals surface area contributed by atoms with Crippen molar-refractivity contribution in [3.63, 3.8) is 0 Å². The number of hydrogen-bond donors (Lipinski definition) is 0. The highest BCUT2D eigenvalue weighted by Crippen LogP contribution is 2.28. The van der Waals surface area contributed by atoms with Crippen LogP contribution >= 0.6 is 0 Å². The van der Waals surface area contributed by atoms with Gasteiger partial charge in [0.2, 0.25) is 15.9 Å². The maximum absolute atomic E-state index is 13.2. The molecule has 31 heavy (non-hydrogen) atoms. The Balaban J connectivity index is 1.34. The van der Waals surface area contributed by atoms with Gasteiger partial charge in [-0.1, -0.05) is 30.3 Å². The van der Waals surface area contributed by atoms with Gasteiger partial charge in [0.25, 0.3) is 0 Å². The summed E-state index contributed by atoms with van der Waals surface area (Å²) in [6, 6.07) is 15.3. The van der Waals surface area contributed by atoms with Gasteiger partial charge in [-0.05, 0) is 67.9 Å². The van der Waals surface area contributed by atoms with Crippen molar-refractivity contribution in [2.75, 3.05) is 26.2 Å². The minimum absolute atomic E-state index is 0.0668. The monoisotopic (exact) mass is 444 g/mol. The van der Waals surface area contributed by atoms with Gasteiger partial charge in [-0.25, -0.2) is 12.8 Å². The van der Waals surface area contributed by atoms with Crippen LogP contribution in [0.1, 0.15) is 31.2 Å². The number of halogens is 1. The molecule has 0 aliphatic carbocycles. The summed E-state index contributed by atoms with van der Waals surface area (Å²) in [5.41, 5.74) is 1.33. The van der Waals surface area contributed by atoms with E-state index in [-0.39, 0.29) is 23.3 Å². The van der Waals surface area contributed by atoms with Crippen LogP contribution in [0.4, 0.5) is 4.39 Å². The lowest BCUT2D eigenvalue weighted by atomic mass is 9.89. The first-order chi connectivity index (χ1) is 14.9. The molecule has 0 N–H and O–H groups in total. The second-order valence-corrected chi connectivity index (χ2v) is 10.6. The van der Waals surface area contributed by atoms with Crippen LogP contribution in [0.3, 0.4) is 0 Å². The maximum Gasteiger partial charge on any atom is 0.243 e. The van der Waals surface area contributed by atoms with Gasteiger partial charge in [0, 0.05) is 26.2 Å². The largest absolute Gasteiger partial charge is 0.342 e. The van der Waals surface area contributed by atoms with Gasteiger partial charge in [-0.2, -0.15) is 4.31 Å². The predicted molar refractivity (Wildman–Crippen MR) is 117 cm³/mol. The molecule has 0 spiro atoms. The molecule has 1 atom stereocenters. The number of likely N-dealkylation sites (tertiary alicyclic amines) is 1. The summed E-state index contributed by atoms with van der Waals surface area (Å²) in [4.78, 5) is 15.1. The molecule has 2 saturated heterocycles. The number of piperidine rings is 2. The number of hydrogen-bond acceptors (Lipinski definition) is 3. The Morgan fingerprint density at radius 1 is 0.935 bits per heavy atom. The van der Waals surface area contributed by atoms with Crippen molar-refractivity contribution in [1.82, 2.24) is 9.21 Å². The molecule has 2 aliphatic rings. The molecule has 0 unspecified atom stereocenters. The van der Waals surface area contributed by atoms with Crippen LogP contribution in [0.15, 0.2) is 59.5 Å². The third kappa shape index (κ3) is 5.15. The van der Waals surface area contributed by atoms with Crippen LogP contribution in [0.2, 0.25) is 0 Å². The van der Waals surface area contributed by atoms with Crippen LogP contribution < -0.4 is 0 Å². The Bertz CT molecular complexity index is 987. The van der Waals surface area contributed by atoms with E-state index in [1.54, 1.807) is 0 Å². The van der Waals surface area contributed by atoms with E-state index in [1.807, 2.05) is 11.0 Å². The standard InChI is InChI=1S/C24H29FN2O3S/c25-22-8-10-23(11-9-22)31(29,30)27-14-4-7-21(18-27)24(28)26-15-12-20(13-16-26)17-19-5-2-1-3-6-19/h1-3,5-6,8-11,20-21H,4,7,12-18H2/t21-/m0/s1. The average Bonchev–Trinajstić information content (AvgIpc) is 2.80. The molecule has 2 aliphatic heterocycles. The van der Waals surface area contributed by atoms with Crippen molar-refractivity contribution in [2.45, 2.75) is 37.0 Å². The molecule has 0 radical (unpaired) electrons. The Kier molecular flexibility index (Phi) is 6.72. The number of sulfonamides is 1. The van der Waals surface area contributed by atoms with Gasteiger partial charge in [-0.15, -0.1) is 0 Å². The van der Waals surface area contributed by atoms with Crippen molar-refractivity contribution < 1.29 is 17.6 Å². The van der Waals surface area contributed by atoms with E-state index < -0.39 is 15.8 Å². The number of nitrogens with zero attached hydrogens (tertiary/aromatic N) is 2. The number of rotatable bonds is 5. The molecular weight excluding hydrogens is 415 g/mol. The van der Waals surface area contributed by atoms with Crippen LogP contribution in [0.5, 0.6) is 0 Å². The average molecular weight is 445 g/mol. The summed E-state index contributed by atoms with van der Waals surface area (Å²) in [7, 11) is -3.72. The van der Waals surface area contributed by atoms with E-state index in [1.165, 1.54) is 22.0 Å². The van der Waals surface area contributed by atoms with E-state index in [2.05, 4.69) is 24.3 Å². The van der Waals surface area contributed by atoms with Crippen LogP contribution in [-0.2, 0) is 21.2 Å². The third-order valence-electron chi connectivity index (χ3n) is 6.48. The summed E-state index contributed by atoms with van der Waals surface area (Å²) in [5, 5.41) is 0. The van der Waals surface area contributed by atoms with Crippen molar-refractivity contribution in [3.8, 4) is 0 Å². The Morgan fingerprint density at radius 3 is 2.29 bits per heavy atom. The SMILES string of the molecule is O=C([C@H]1CCCN(S(=O)(=O)c2ccc(F)cc2)C1)N1CCC(Cc2ccccc2)CC1. The van der Waals surface area contributed by atoms with E-state index in [0.29, 0.717) is 25.3 Å². The lowest BCUT2D eigenvalue weighted by molar-refractivity contribution is -0.138. The molecule has 0 bridgehead atoms. The molecule has 4 rings (SSSR count). The molecule has 2 aromatic carbocycles. The first-order valence-electron chi connectivity index (χ1n) is 11.0. The Labute approximate surface area is 183 Å². The summed E-state index contributed by atoms with van der Waals surface area (Å²) >= 11 is 0. The van der Waals surface area contributed by atoms with E-state index >= 15 is 0 Å². The number of carbonyl (C=O) groups excluding carboxylic acids is 1. The molecule has 166 valence electrons. The van der Waals surface area contributed by atoms with Gasteiger partial charge in [0.05, 0.1) is 10.8 Å². The lowest BCUT2D eigenvalue weighted by Crippen LogP contribution is -2.48. The molecule has 1 amide bonds. The van der Waals surface area contributed by atoms with Crippen LogP contribution in [0.25, 0.3) is 0 Å². The molecule has 2 aromatic rings. The van der Waals surface area contributed by atoms with Gasteiger partial charge in [-0.3, -0.25) is 4.79 Å². The van der Waals surface area contributed by atoms with Crippen molar-refractivity contribution in [2.24, 2.45) is 11.8 Å². The molecule has 7 heteroatoms. The van der Waals surface area contributed by atoms with Crippen LogP contribution in [-0.4, -0.2) is 49.7 Å². The minimum atomic E-state index is -3.72. The molecule has 2 heterocycles. The highest BCUT2D eigenvalue weighted by Gasteiger charge is 2.36. The highest BCUT2D eigenvalue weighted by molar-refractivity contribution is 7.89. The van der Waals surface area contributed by atoms with E-state index in [4.69, 9.17) is 0 Å². The Morgan fingerprint density at radius 2 is 1.61 bits per heavy atom. The van der Waals surface area contributed by atoms with Crippen molar-refractivity contribution in [1.29, 1.82) is 0 Å². The summed E-state index contributed by atoms with van der Waals surface area (Å²) in [5.74, 6) is -0.138. The predicted octanol–water partition coefficient (Wildman–Crippen LogP) is 3.71. The fourth-order valence-electron chi connectivity index (χ4n) is 4.68. The maximum atomic E-state index is 13.2. The van der Waals surface area contributed by atoms with Crippen molar-refractivity contribution >= 4 is 15.9 Å². The van der Waals surface area contributed by atoms with Gasteiger partial charge in [0.15, 0.2) is 0 Å². The molecule has 2 fully saturated rings. The van der Waals surface area contributed by atoms with Gasteiger partial charge < -0.3 is 4.90 Å². The smallest absolute Gasteiger partial charge is 0.243 e. The molecule has 5 nitrogen and oxygen atoms in total. The summed E-state index contributed by atoms with van der Waals surface area (Å²) in [6.45, 7) is 2.06. The van der Waals surface area contributed by atoms with Gasteiger partial charge in [0.1, 0.15) is 5.82 Å². The zero-order valence-electron chi connectivity index (χ0n) is 17.6. The molecule has 0 aromatic heterocycles. The number of carbonyl (C=O) groups is 1. The topological polar surface area (TPSA) is 57.7 Å². The number of amides is 1. The normalized spacial score (nSPS) is 21.2. The number of benzene rings is 2. The summed E-state index contributed by atoms with van der Waals surface area (Å²) < 4.78 is 40.4. The van der Waals surface area contributed by atoms with Gasteiger partial charge >= 0.3 is 0 Å². The van der Waals surface area contributed by atoms with Crippen LogP contribution in [0, 0.1) is 17.7 Å². The van der Waals surface area contributed by atoms with E-state index in [9.17, 15) is 17.6 Å².